The van der Waals surface area contributed by atoms with Crippen molar-refractivity contribution in [3.63, 3.8) is 0 Å². The number of halogens is 1. The number of rotatable bonds is 9. The van der Waals surface area contributed by atoms with Crippen molar-refractivity contribution in [2.45, 2.75) is 45.3 Å². The molecule has 42 heavy (non-hydrogen) atoms. The first-order chi connectivity index (χ1) is 20.3. The van der Waals surface area contributed by atoms with Gasteiger partial charge in [-0.1, -0.05) is 128 Å². The number of hydrogen-bond donors (Lipinski definition) is 0. The average molecular weight is 643 g/mol. The van der Waals surface area contributed by atoms with Crippen molar-refractivity contribution in [1.82, 2.24) is 0 Å². The van der Waals surface area contributed by atoms with Gasteiger partial charge in [0.1, 0.15) is 6.61 Å². The molecule has 5 rings (SSSR count). The molecule has 4 aromatic rings. The van der Waals surface area contributed by atoms with E-state index in [1.807, 2.05) is 48.5 Å². The summed E-state index contributed by atoms with van der Waals surface area (Å²) >= 11 is 3.62. The van der Waals surface area contributed by atoms with E-state index in [0.29, 0.717) is 11.5 Å². The van der Waals surface area contributed by atoms with Crippen LogP contribution in [0.4, 0.5) is 5.69 Å². The van der Waals surface area contributed by atoms with E-state index >= 15 is 0 Å². The number of ether oxygens (including phenoxy) is 1. The number of carbonyl (C=O) groups excluding carboxylic acids is 1. The van der Waals surface area contributed by atoms with Gasteiger partial charge in [0, 0.05) is 24.2 Å². The van der Waals surface area contributed by atoms with Crippen molar-refractivity contribution in [3.8, 4) is 0 Å². The first kappa shape index (κ1) is 30.3. The third-order valence-corrected chi connectivity index (χ3v) is 13.8. The van der Waals surface area contributed by atoms with Crippen LogP contribution in [0.3, 0.4) is 0 Å². The van der Waals surface area contributed by atoms with Crippen LogP contribution in [0.1, 0.15) is 49.5 Å². The molecule has 1 saturated heterocycles. The Balaban J connectivity index is 1.30. The van der Waals surface area contributed by atoms with E-state index in [1.165, 1.54) is 10.4 Å². The van der Waals surface area contributed by atoms with Crippen LogP contribution < -0.4 is 15.3 Å². The maximum Gasteiger partial charge on any atom is 0.340 e. The highest BCUT2D eigenvalue weighted by molar-refractivity contribution is 9.10. The fourth-order valence-corrected chi connectivity index (χ4v) is 11.1. The number of esters is 1. The highest BCUT2D eigenvalue weighted by atomic mass is 79.9. The molecule has 1 aliphatic heterocycles. The molecule has 0 aliphatic carbocycles. The Morgan fingerprint density at radius 2 is 1.38 bits per heavy atom. The summed E-state index contributed by atoms with van der Waals surface area (Å²) in [6, 6.07) is 37.3. The summed E-state index contributed by atoms with van der Waals surface area (Å²) in [5.41, 5.74) is 2.51. The van der Waals surface area contributed by atoms with Crippen LogP contribution in [0.2, 0.25) is 5.04 Å². The van der Waals surface area contributed by atoms with Gasteiger partial charge < -0.3 is 14.1 Å². The van der Waals surface area contributed by atoms with Crippen molar-refractivity contribution >= 4 is 46.3 Å². The van der Waals surface area contributed by atoms with E-state index < -0.39 is 8.32 Å². The molecule has 1 fully saturated rings. The van der Waals surface area contributed by atoms with Gasteiger partial charge in [0.05, 0.1) is 11.3 Å². The summed E-state index contributed by atoms with van der Waals surface area (Å²) < 4.78 is 13.9. The van der Waals surface area contributed by atoms with Gasteiger partial charge >= 0.3 is 5.97 Å². The highest BCUT2D eigenvalue weighted by Gasteiger charge is 2.50. The molecule has 0 bridgehead atoms. The molecule has 218 valence electrons. The van der Waals surface area contributed by atoms with Gasteiger partial charge in [-0.2, -0.15) is 0 Å². The Hall–Kier alpha value is -3.19. The molecule has 0 radical (unpaired) electrons. The normalized spacial score (nSPS) is 14.5. The van der Waals surface area contributed by atoms with Gasteiger partial charge in [-0.3, -0.25) is 0 Å². The van der Waals surface area contributed by atoms with E-state index in [0.717, 1.165) is 48.3 Å². The van der Waals surface area contributed by atoms with Crippen LogP contribution >= 0.6 is 15.9 Å². The first-order valence-electron chi connectivity index (χ1n) is 14.8. The van der Waals surface area contributed by atoms with Crippen molar-refractivity contribution in [2.75, 3.05) is 24.6 Å². The maximum absolute atomic E-state index is 13.2. The van der Waals surface area contributed by atoms with Gasteiger partial charge in [0.15, 0.2) is 0 Å². The molecule has 4 aromatic carbocycles. The van der Waals surface area contributed by atoms with E-state index in [-0.39, 0.29) is 17.6 Å². The van der Waals surface area contributed by atoms with Gasteiger partial charge in [0.2, 0.25) is 0 Å². The fourth-order valence-electron chi connectivity index (χ4n) is 6.08. The Bertz CT molecular complexity index is 1410. The topological polar surface area (TPSA) is 38.8 Å². The lowest BCUT2D eigenvalue weighted by Crippen LogP contribution is -2.67. The SMILES string of the molecule is CC(C)(C)[Si](OCC1CCN(c2cc(Br)ccc2C(=O)OCc2ccccc2)CC1)(c1ccccc1)c1ccccc1. The molecule has 4 nitrogen and oxygen atoms in total. The molecule has 0 amide bonds. The quantitative estimate of drug-likeness (QED) is 0.139. The van der Waals surface area contributed by atoms with E-state index in [9.17, 15) is 4.79 Å². The summed E-state index contributed by atoms with van der Waals surface area (Å²) in [5.74, 6) is 0.155. The molecule has 0 unspecified atom stereocenters. The zero-order valence-corrected chi connectivity index (χ0v) is 27.3. The number of benzene rings is 4. The Kier molecular flexibility index (Phi) is 9.66. The van der Waals surface area contributed by atoms with Gasteiger partial charge in [-0.05, 0) is 57.9 Å². The molecule has 0 aromatic heterocycles. The molecular weight excluding hydrogens is 602 g/mol. The molecule has 1 aliphatic rings. The van der Waals surface area contributed by atoms with Crippen LogP contribution in [0.5, 0.6) is 0 Å². The molecule has 0 saturated carbocycles. The van der Waals surface area contributed by atoms with Gasteiger partial charge in [-0.25, -0.2) is 4.79 Å². The Morgan fingerprint density at radius 3 is 1.93 bits per heavy atom. The van der Waals surface area contributed by atoms with Crippen molar-refractivity contribution in [2.24, 2.45) is 5.92 Å². The number of hydrogen-bond acceptors (Lipinski definition) is 4. The summed E-state index contributed by atoms with van der Waals surface area (Å²) in [6.45, 7) is 9.70. The second kappa shape index (κ2) is 13.4. The third kappa shape index (κ3) is 6.72. The Morgan fingerprint density at radius 1 is 0.833 bits per heavy atom. The minimum Gasteiger partial charge on any atom is -0.457 e. The predicted molar refractivity (Wildman–Crippen MR) is 178 cm³/mol. The number of piperidine rings is 1. The molecule has 6 heteroatoms. The standard InChI is InChI=1S/C36H40BrNO3Si/c1-36(2,3)42(31-15-9-5-10-16-31,32-17-11-6-12-18-32)41-27-29-21-23-38(24-22-29)34-25-30(37)19-20-33(34)35(39)40-26-28-13-7-4-8-14-28/h4-20,25,29H,21-24,26-27H2,1-3H3. The number of nitrogens with zero attached hydrogens (tertiary/aromatic N) is 1. The molecular formula is C36H40BrNO3Si. The minimum absolute atomic E-state index is 0.0399. The summed E-state index contributed by atoms with van der Waals surface area (Å²) in [5, 5.41) is 2.59. The number of anilines is 1. The van der Waals surface area contributed by atoms with Crippen LogP contribution in [0.25, 0.3) is 0 Å². The summed E-state index contributed by atoms with van der Waals surface area (Å²) in [4.78, 5) is 15.5. The van der Waals surface area contributed by atoms with Crippen LogP contribution in [-0.4, -0.2) is 34.0 Å². The first-order valence-corrected chi connectivity index (χ1v) is 17.5. The fraction of sp³-hybridized carbons (Fsp3) is 0.306. The number of carbonyl (C=O) groups is 1. The monoisotopic (exact) mass is 641 g/mol. The minimum atomic E-state index is -2.56. The predicted octanol–water partition coefficient (Wildman–Crippen LogP) is 7.60. The molecule has 0 atom stereocenters. The average Bonchev–Trinajstić information content (AvgIpc) is 3.01. The van der Waals surface area contributed by atoms with Crippen molar-refractivity contribution < 1.29 is 14.0 Å². The molecule has 0 N–H and O–H groups in total. The van der Waals surface area contributed by atoms with Gasteiger partial charge in [0.25, 0.3) is 8.32 Å². The maximum atomic E-state index is 13.2. The smallest absolute Gasteiger partial charge is 0.340 e. The third-order valence-electron chi connectivity index (χ3n) is 8.30. The Labute approximate surface area is 259 Å². The van der Waals surface area contributed by atoms with E-state index in [2.05, 4.69) is 102 Å². The van der Waals surface area contributed by atoms with Crippen LogP contribution in [0, 0.1) is 5.92 Å². The summed E-state index contributed by atoms with van der Waals surface area (Å²) in [7, 11) is -2.56. The summed E-state index contributed by atoms with van der Waals surface area (Å²) in [6.07, 6.45) is 2.01. The van der Waals surface area contributed by atoms with Crippen LogP contribution in [0.15, 0.2) is 114 Å². The van der Waals surface area contributed by atoms with Gasteiger partial charge in [-0.15, -0.1) is 0 Å². The van der Waals surface area contributed by atoms with Crippen molar-refractivity contribution in [1.29, 1.82) is 0 Å². The van der Waals surface area contributed by atoms with Crippen molar-refractivity contribution in [3.05, 3.63) is 125 Å². The zero-order valence-electron chi connectivity index (χ0n) is 24.8. The molecule has 1 heterocycles. The second-order valence-corrected chi connectivity index (χ2v) is 17.3. The largest absolute Gasteiger partial charge is 0.457 e. The zero-order chi connectivity index (χ0) is 29.6. The lowest BCUT2D eigenvalue weighted by molar-refractivity contribution is 0.0473. The lowest BCUT2D eigenvalue weighted by atomic mass is 9.97. The molecule has 0 spiro atoms. The van der Waals surface area contributed by atoms with Crippen LogP contribution in [-0.2, 0) is 15.8 Å². The lowest BCUT2D eigenvalue weighted by Gasteiger charge is -2.44. The van der Waals surface area contributed by atoms with E-state index in [4.69, 9.17) is 9.16 Å². The second-order valence-electron chi connectivity index (χ2n) is 12.1. The highest BCUT2D eigenvalue weighted by Crippen LogP contribution is 2.38. The van der Waals surface area contributed by atoms with E-state index in [1.54, 1.807) is 0 Å².